The molecular weight excluding hydrogens is 286 g/mol. The number of rotatable bonds is 3. The largest absolute Gasteiger partial charge is 0.497 e. The Bertz CT molecular complexity index is 683. The third-order valence-electron chi connectivity index (χ3n) is 3.87. The van der Waals surface area contributed by atoms with Crippen LogP contribution in [0.3, 0.4) is 0 Å². The average molecular weight is 303 g/mol. The van der Waals surface area contributed by atoms with Gasteiger partial charge in [-0.2, -0.15) is 0 Å². The number of hydrogen-bond donors (Lipinski definition) is 2. The molecule has 1 atom stereocenters. The number of carbonyl (C=O) groups is 2. The zero-order valence-electron chi connectivity index (χ0n) is 12.6. The number of likely N-dealkylation sites (N-methyl/N-ethyl adjacent to an activating group) is 1. The van der Waals surface area contributed by atoms with Crippen LogP contribution in [0, 0.1) is 0 Å². The van der Waals surface area contributed by atoms with Gasteiger partial charge in [0.05, 0.1) is 38.1 Å². The van der Waals surface area contributed by atoms with Gasteiger partial charge in [-0.3, -0.25) is 4.79 Å². The minimum Gasteiger partial charge on any atom is -0.497 e. The maximum Gasteiger partial charge on any atom is 0.319 e. The van der Waals surface area contributed by atoms with Gasteiger partial charge >= 0.3 is 6.03 Å². The molecule has 0 bridgehead atoms. The number of ether oxygens (including phenoxy) is 2. The van der Waals surface area contributed by atoms with Crippen LogP contribution < -0.4 is 20.1 Å². The third kappa shape index (κ3) is 2.14. The first-order valence-corrected chi connectivity index (χ1v) is 6.83. The van der Waals surface area contributed by atoms with Gasteiger partial charge in [-0.25, -0.2) is 4.79 Å². The number of benzene rings is 1. The molecule has 0 fully saturated rings. The summed E-state index contributed by atoms with van der Waals surface area (Å²) in [6.45, 7) is 0.393. The van der Waals surface area contributed by atoms with Crippen LogP contribution >= 0.6 is 0 Å². The lowest BCUT2D eigenvalue weighted by molar-refractivity contribution is -0.124. The minimum atomic E-state index is -0.564. The standard InChI is InChI=1S/C15H17N3O4/c1-18-7-10-12(14(18)19)13(17-15(20)16-10)9-6-8(21-2)4-5-11(9)22-3/h4-6,13H,7H2,1-3H3,(H2,16,17,20). The highest BCUT2D eigenvalue weighted by Gasteiger charge is 2.40. The Morgan fingerprint density at radius 2 is 2.00 bits per heavy atom. The van der Waals surface area contributed by atoms with E-state index >= 15 is 0 Å². The van der Waals surface area contributed by atoms with Crippen molar-refractivity contribution in [2.45, 2.75) is 6.04 Å². The van der Waals surface area contributed by atoms with Crippen molar-refractivity contribution in [1.82, 2.24) is 15.5 Å². The van der Waals surface area contributed by atoms with Gasteiger partial charge < -0.3 is 25.0 Å². The molecule has 0 saturated carbocycles. The predicted octanol–water partition coefficient (Wildman–Crippen LogP) is 0.784. The first-order chi connectivity index (χ1) is 10.5. The summed E-state index contributed by atoms with van der Waals surface area (Å²) in [5, 5.41) is 5.49. The topological polar surface area (TPSA) is 79.9 Å². The molecule has 0 spiro atoms. The highest BCUT2D eigenvalue weighted by atomic mass is 16.5. The average Bonchev–Trinajstić information content (AvgIpc) is 2.80. The highest BCUT2D eigenvalue weighted by molar-refractivity contribution is 6.01. The van der Waals surface area contributed by atoms with E-state index in [4.69, 9.17) is 9.47 Å². The number of amides is 3. The Labute approximate surface area is 127 Å². The molecule has 0 saturated heterocycles. The summed E-state index contributed by atoms with van der Waals surface area (Å²) in [6.07, 6.45) is 0. The summed E-state index contributed by atoms with van der Waals surface area (Å²) in [5.41, 5.74) is 1.85. The van der Waals surface area contributed by atoms with Crippen molar-refractivity contribution < 1.29 is 19.1 Å². The third-order valence-corrected chi connectivity index (χ3v) is 3.87. The van der Waals surface area contributed by atoms with Crippen LogP contribution in [0.15, 0.2) is 29.5 Å². The van der Waals surface area contributed by atoms with E-state index in [-0.39, 0.29) is 11.9 Å². The Morgan fingerprint density at radius 3 is 2.68 bits per heavy atom. The van der Waals surface area contributed by atoms with E-state index in [1.165, 1.54) is 0 Å². The number of carbonyl (C=O) groups excluding carboxylic acids is 2. The molecule has 2 heterocycles. The monoisotopic (exact) mass is 303 g/mol. The zero-order valence-corrected chi connectivity index (χ0v) is 12.6. The van der Waals surface area contributed by atoms with Crippen LogP contribution in [0.1, 0.15) is 11.6 Å². The van der Waals surface area contributed by atoms with Gasteiger partial charge in [0.1, 0.15) is 11.5 Å². The Kier molecular flexibility index (Phi) is 3.40. The molecule has 2 aliphatic heterocycles. The van der Waals surface area contributed by atoms with Crippen LogP contribution in [0.25, 0.3) is 0 Å². The smallest absolute Gasteiger partial charge is 0.319 e. The molecular formula is C15H17N3O4. The molecule has 22 heavy (non-hydrogen) atoms. The number of nitrogens with zero attached hydrogens (tertiary/aromatic N) is 1. The van der Waals surface area contributed by atoms with Crippen LogP contribution in [0.4, 0.5) is 4.79 Å². The van der Waals surface area contributed by atoms with E-state index in [9.17, 15) is 9.59 Å². The number of methoxy groups -OCH3 is 2. The second-order valence-corrected chi connectivity index (χ2v) is 5.19. The predicted molar refractivity (Wildman–Crippen MR) is 78.6 cm³/mol. The quantitative estimate of drug-likeness (QED) is 0.865. The van der Waals surface area contributed by atoms with Crippen molar-refractivity contribution >= 4 is 11.9 Å². The van der Waals surface area contributed by atoms with Crippen molar-refractivity contribution in [2.24, 2.45) is 0 Å². The van der Waals surface area contributed by atoms with Crippen molar-refractivity contribution in [3.63, 3.8) is 0 Å². The molecule has 7 heteroatoms. The lowest BCUT2D eigenvalue weighted by Crippen LogP contribution is -2.44. The van der Waals surface area contributed by atoms with Crippen molar-refractivity contribution in [1.29, 1.82) is 0 Å². The maximum absolute atomic E-state index is 12.4. The molecule has 0 aliphatic carbocycles. The fraction of sp³-hybridized carbons (Fsp3) is 0.333. The SMILES string of the molecule is COc1ccc(OC)c(C2NC(=O)NC3=C2C(=O)N(C)C3)c1. The van der Waals surface area contributed by atoms with Gasteiger partial charge in [-0.05, 0) is 18.2 Å². The maximum atomic E-state index is 12.4. The Balaban J connectivity index is 2.12. The summed E-state index contributed by atoms with van der Waals surface area (Å²) in [7, 11) is 4.81. The van der Waals surface area contributed by atoms with Gasteiger partial charge in [-0.1, -0.05) is 0 Å². The van der Waals surface area contributed by atoms with Gasteiger partial charge in [-0.15, -0.1) is 0 Å². The summed E-state index contributed by atoms with van der Waals surface area (Å²) < 4.78 is 10.6. The molecule has 1 aromatic rings. The van der Waals surface area contributed by atoms with Gasteiger partial charge in [0.15, 0.2) is 0 Å². The summed E-state index contributed by atoms with van der Waals surface area (Å²) >= 11 is 0. The second-order valence-electron chi connectivity index (χ2n) is 5.19. The fourth-order valence-corrected chi connectivity index (χ4v) is 2.81. The highest BCUT2D eigenvalue weighted by Crippen LogP contribution is 2.37. The van der Waals surface area contributed by atoms with E-state index in [2.05, 4.69) is 10.6 Å². The number of hydrogen-bond acceptors (Lipinski definition) is 4. The number of nitrogens with one attached hydrogen (secondary N) is 2. The summed E-state index contributed by atoms with van der Waals surface area (Å²) in [5.74, 6) is 1.10. The van der Waals surface area contributed by atoms with Gasteiger partial charge in [0.25, 0.3) is 5.91 Å². The molecule has 3 rings (SSSR count). The van der Waals surface area contributed by atoms with E-state index in [0.717, 1.165) is 0 Å². The molecule has 1 aromatic carbocycles. The Morgan fingerprint density at radius 1 is 1.23 bits per heavy atom. The molecule has 116 valence electrons. The van der Waals surface area contributed by atoms with Gasteiger partial charge in [0.2, 0.25) is 0 Å². The second kappa shape index (κ2) is 5.25. The number of urea groups is 1. The first kappa shape index (κ1) is 14.2. The normalized spacial score (nSPS) is 20.5. The van der Waals surface area contributed by atoms with Crippen molar-refractivity contribution in [3.8, 4) is 11.5 Å². The first-order valence-electron chi connectivity index (χ1n) is 6.83. The molecule has 2 aliphatic rings. The van der Waals surface area contributed by atoms with Crippen LogP contribution in [0.2, 0.25) is 0 Å². The minimum absolute atomic E-state index is 0.114. The molecule has 7 nitrogen and oxygen atoms in total. The molecule has 1 unspecified atom stereocenters. The fourth-order valence-electron chi connectivity index (χ4n) is 2.81. The zero-order chi connectivity index (χ0) is 15.9. The van der Waals surface area contributed by atoms with Crippen LogP contribution in [-0.4, -0.2) is 44.7 Å². The Hall–Kier alpha value is -2.70. The lowest BCUT2D eigenvalue weighted by atomic mass is 9.95. The van der Waals surface area contributed by atoms with E-state index < -0.39 is 6.04 Å². The van der Waals surface area contributed by atoms with Gasteiger partial charge in [0, 0.05) is 12.6 Å². The van der Waals surface area contributed by atoms with E-state index in [1.54, 1.807) is 44.4 Å². The lowest BCUT2D eigenvalue weighted by Gasteiger charge is -2.27. The van der Waals surface area contributed by atoms with Crippen LogP contribution in [-0.2, 0) is 4.79 Å². The van der Waals surface area contributed by atoms with Crippen molar-refractivity contribution in [2.75, 3.05) is 27.8 Å². The molecule has 0 radical (unpaired) electrons. The summed E-state index contributed by atoms with van der Waals surface area (Å²) in [4.78, 5) is 25.9. The van der Waals surface area contributed by atoms with Crippen molar-refractivity contribution in [3.05, 3.63) is 35.0 Å². The molecule has 2 N–H and O–H groups in total. The summed E-state index contributed by atoms with van der Waals surface area (Å²) in [6, 6.07) is 4.39. The van der Waals surface area contributed by atoms with Crippen LogP contribution in [0.5, 0.6) is 11.5 Å². The van der Waals surface area contributed by atoms with E-state index in [0.29, 0.717) is 34.9 Å². The van der Waals surface area contributed by atoms with E-state index in [1.807, 2.05) is 0 Å². The molecule has 0 aromatic heterocycles. The molecule has 3 amide bonds.